The van der Waals surface area contributed by atoms with Gasteiger partial charge in [-0.2, -0.15) is 0 Å². The summed E-state index contributed by atoms with van der Waals surface area (Å²) in [5, 5.41) is 16.8. The van der Waals surface area contributed by atoms with Crippen LogP contribution in [-0.4, -0.2) is 27.9 Å². The Morgan fingerprint density at radius 1 is 1.18 bits per heavy atom. The predicted octanol–water partition coefficient (Wildman–Crippen LogP) is 4.37. The van der Waals surface area contributed by atoms with Crippen LogP contribution in [0.3, 0.4) is 0 Å². The number of hydrogen-bond acceptors (Lipinski definition) is 4. The lowest BCUT2D eigenvalue weighted by Crippen LogP contribution is -2.19. The number of hydrogen-bond donors (Lipinski definition) is 2. The number of rotatable bonds is 8. The van der Waals surface area contributed by atoms with Crippen molar-refractivity contribution in [2.24, 2.45) is 5.41 Å². The van der Waals surface area contributed by atoms with Gasteiger partial charge in [-0.15, -0.1) is 0 Å². The van der Waals surface area contributed by atoms with E-state index in [4.69, 9.17) is 10.5 Å². The molecule has 0 radical (unpaired) electrons. The molecule has 17 heavy (non-hydrogen) atoms. The lowest BCUT2D eigenvalue weighted by molar-refractivity contribution is 0.275. The van der Waals surface area contributed by atoms with Crippen molar-refractivity contribution in [1.82, 2.24) is 0 Å². The molecule has 0 aliphatic heterocycles. The minimum absolute atomic E-state index is 0.0218. The van der Waals surface area contributed by atoms with Crippen LogP contribution in [0.25, 0.3) is 0 Å². The van der Waals surface area contributed by atoms with E-state index >= 15 is 0 Å². The zero-order valence-corrected chi connectivity index (χ0v) is 13.4. The largest absolute Gasteiger partial charge is 0.396 e. The van der Waals surface area contributed by atoms with Gasteiger partial charge in [0.05, 0.1) is 0 Å². The molecule has 2 N–H and O–H groups in total. The minimum atomic E-state index is 0.0218. The number of aliphatic hydroxyl groups excluding tert-OH is 1. The third-order valence-electron chi connectivity index (χ3n) is 2.56. The molecule has 0 bridgehead atoms. The summed E-state index contributed by atoms with van der Waals surface area (Å²) in [5.74, 6) is 1.08. The molecule has 0 aromatic carbocycles. The van der Waals surface area contributed by atoms with E-state index in [2.05, 4.69) is 34.6 Å². The summed E-state index contributed by atoms with van der Waals surface area (Å²) in [7, 11) is 3.71. The molecule has 0 aromatic heterocycles. The standard InChI is InChI=1S/C13H27NOS2/c1-12(2,3)11(14)7-6-10-16-17-13(4,5)8-9-15/h14-15H,6-10H2,1-5H3. The summed E-state index contributed by atoms with van der Waals surface area (Å²) in [6.07, 6.45) is 2.81. The van der Waals surface area contributed by atoms with Gasteiger partial charge in [0, 0.05) is 22.8 Å². The highest BCUT2D eigenvalue weighted by molar-refractivity contribution is 8.77. The van der Waals surface area contributed by atoms with Gasteiger partial charge >= 0.3 is 0 Å². The molecular weight excluding hydrogens is 250 g/mol. The minimum Gasteiger partial charge on any atom is -0.396 e. The predicted molar refractivity (Wildman–Crippen MR) is 82.2 cm³/mol. The first-order chi connectivity index (χ1) is 7.69. The smallest absolute Gasteiger partial charge is 0.0444 e. The molecule has 0 fully saturated rings. The van der Waals surface area contributed by atoms with Crippen LogP contribution in [-0.2, 0) is 0 Å². The maximum atomic E-state index is 8.92. The molecule has 0 heterocycles. The van der Waals surface area contributed by atoms with Gasteiger partial charge in [0.15, 0.2) is 0 Å². The summed E-state index contributed by atoms with van der Waals surface area (Å²) in [5.41, 5.74) is 0.867. The second kappa shape index (κ2) is 7.70. The van der Waals surface area contributed by atoms with Crippen molar-refractivity contribution in [3.8, 4) is 0 Å². The van der Waals surface area contributed by atoms with E-state index in [-0.39, 0.29) is 16.8 Å². The maximum absolute atomic E-state index is 8.92. The maximum Gasteiger partial charge on any atom is 0.0444 e. The Balaban J connectivity index is 3.63. The van der Waals surface area contributed by atoms with E-state index in [1.807, 2.05) is 21.6 Å². The van der Waals surface area contributed by atoms with Crippen molar-refractivity contribution in [2.45, 2.75) is 58.6 Å². The summed E-state index contributed by atoms with van der Waals surface area (Å²) in [6, 6.07) is 0. The highest BCUT2D eigenvalue weighted by atomic mass is 33.1. The van der Waals surface area contributed by atoms with Crippen molar-refractivity contribution in [3.05, 3.63) is 0 Å². The van der Waals surface area contributed by atoms with Gasteiger partial charge < -0.3 is 10.5 Å². The Morgan fingerprint density at radius 3 is 2.24 bits per heavy atom. The SMILES string of the molecule is CC(C)(CCO)SSCCCC(=N)C(C)(C)C. The Morgan fingerprint density at radius 2 is 1.76 bits per heavy atom. The zero-order valence-electron chi connectivity index (χ0n) is 11.8. The normalized spacial score (nSPS) is 12.8. The van der Waals surface area contributed by atoms with Crippen molar-refractivity contribution in [3.63, 3.8) is 0 Å². The topological polar surface area (TPSA) is 44.1 Å². The van der Waals surface area contributed by atoms with Crippen LogP contribution >= 0.6 is 21.6 Å². The second-order valence-electron chi connectivity index (χ2n) is 5.97. The summed E-state index contributed by atoms with van der Waals surface area (Å²) < 4.78 is 0.150. The van der Waals surface area contributed by atoms with Gasteiger partial charge in [-0.25, -0.2) is 0 Å². The quantitative estimate of drug-likeness (QED) is 0.393. The lowest BCUT2D eigenvalue weighted by Gasteiger charge is -2.22. The van der Waals surface area contributed by atoms with E-state index in [1.54, 1.807) is 0 Å². The fourth-order valence-corrected chi connectivity index (χ4v) is 3.84. The van der Waals surface area contributed by atoms with Crippen LogP contribution in [0.15, 0.2) is 0 Å². The molecule has 0 aliphatic rings. The van der Waals surface area contributed by atoms with E-state index in [0.29, 0.717) is 0 Å². The molecule has 0 amide bonds. The molecule has 0 saturated carbocycles. The third kappa shape index (κ3) is 8.97. The summed E-state index contributed by atoms with van der Waals surface area (Å²) in [6.45, 7) is 10.9. The zero-order chi connectivity index (χ0) is 13.5. The molecular formula is C13H27NOS2. The Hall–Kier alpha value is 0.330. The van der Waals surface area contributed by atoms with Gasteiger partial charge in [0.2, 0.25) is 0 Å². The first-order valence-electron chi connectivity index (χ1n) is 6.18. The van der Waals surface area contributed by atoms with Gasteiger partial charge in [-0.1, -0.05) is 42.4 Å². The van der Waals surface area contributed by atoms with Gasteiger partial charge in [0.1, 0.15) is 0 Å². The molecule has 0 rings (SSSR count). The van der Waals surface area contributed by atoms with Gasteiger partial charge in [-0.05, 0) is 38.5 Å². The molecule has 102 valence electrons. The van der Waals surface area contributed by atoms with Crippen molar-refractivity contribution in [1.29, 1.82) is 5.41 Å². The van der Waals surface area contributed by atoms with Crippen LogP contribution in [0.2, 0.25) is 0 Å². The molecule has 0 spiro atoms. The first-order valence-corrected chi connectivity index (χ1v) is 8.50. The number of nitrogens with one attached hydrogen (secondary N) is 1. The fraction of sp³-hybridized carbons (Fsp3) is 0.923. The Bertz CT molecular complexity index is 234. The van der Waals surface area contributed by atoms with Crippen LogP contribution in [0, 0.1) is 10.8 Å². The van der Waals surface area contributed by atoms with E-state index in [0.717, 1.165) is 30.7 Å². The molecule has 0 aliphatic carbocycles. The van der Waals surface area contributed by atoms with Crippen LogP contribution in [0.4, 0.5) is 0 Å². The highest BCUT2D eigenvalue weighted by Gasteiger charge is 2.19. The number of aliphatic hydroxyl groups is 1. The van der Waals surface area contributed by atoms with Crippen molar-refractivity contribution in [2.75, 3.05) is 12.4 Å². The monoisotopic (exact) mass is 277 g/mol. The van der Waals surface area contributed by atoms with E-state index in [1.165, 1.54) is 0 Å². The van der Waals surface area contributed by atoms with Crippen molar-refractivity contribution < 1.29 is 5.11 Å². The van der Waals surface area contributed by atoms with E-state index in [9.17, 15) is 0 Å². The molecule has 4 heteroatoms. The molecule has 0 atom stereocenters. The van der Waals surface area contributed by atoms with E-state index < -0.39 is 0 Å². The highest BCUT2D eigenvalue weighted by Crippen LogP contribution is 2.38. The third-order valence-corrected chi connectivity index (χ3v) is 5.99. The molecule has 0 unspecified atom stereocenters. The lowest BCUT2D eigenvalue weighted by atomic mass is 9.88. The Labute approximate surface area is 114 Å². The average molecular weight is 277 g/mol. The van der Waals surface area contributed by atoms with Gasteiger partial charge in [0.25, 0.3) is 0 Å². The van der Waals surface area contributed by atoms with Crippen LogP contribution < -0.4 is 0 Å². The van der Waals surface area contributed by atoms with Crippen LogP contribution in [0.1, 0.15) is 53.9 Å². The molecule has 0 saturated heterocycles. The summed E-state index contributed by atoms with van der Waals surface area (Å²) in [4.78, 5) is 0. The first kappa shape index (κ1) is 17.3. The van der Waals surface area contributed by atoms with Crippen LogP contribution in [0.5, 0.6) is 0 Å². The summed E-state index contributed by atoms with van der Waals surface area (Å²) >= 11 is 0. The van der Waals surface area contributed by atoms with Crippen molar-refractivity contribution >= 4 is 27.3 Å². The Kier molecular flexibility index (Phi) is 7.85. The average Bonchev–Trinajstić information content (AvgIpc) is 2.15. The fourth-order valence-electron chi connectivity index (χ4n) is 1.19. The molecule has 2 nitrogen and oxygen atoms in total. The molecule has 0 aromatic rings. The van der Waals surface area contributed by atoms with Gasteiger partial charge in [-0.3, -0.25) is 0 Å². The second-order valence-corrected chi connectivity index (χ2v) is 9.09.